The van der Waals surface area contributed by atoms with Gasteiger partial charge in [-0.1, -0.05) is 12.1 Å². The number of anilines is 2. The third-order valence-corrected chi connectivity index (χ3v) is 5.92. The quantitative estimate of drug-likeness (QED) is 0.298. The Labute approximate surface area is 195 Å². The summed E-state index contributed by atoms with van der Waals surface area (Å²) in [5.41, 5.74) is 6.56. The van der Waals surface area contributed by atoms with E-state index < -0.39 is 0 Å². The summed E-state index contributed by atoms with van der Waals surface area (Å²) in [7, 11) is 3.95. The zero-order chi connectivity index (χ0) is 23.2. The lowest BCUT2D eigenvalue weighted by Crippen LogP contribution is -2.12. The lowest BCUT2D eigenvalue weighted by atomic mass is 10.1. The van der Waals surface area contributed by atoms with Gasteiger partial charge in [-0.15, -0.1) is 0 Å². The van der Waals surface area contributed by atoms with Crippen LogP contribution in [0.3, 0.4) is 0 Å². The van der Waals surface area contributed by atoms with Gasteiger partial charge in [-0.05, 0) is 54.6 Å². The van der Waals surface area contributed by atoms with Crippen LogP contribution in [0.5, 0.6) is 0 Å². The number of hydrogen-bond donors (Lipinski definition) is 1. The van der Waals surface area contributed by atoms with E-state index in [1.807, 2.05) is 73.6 Å². The van der Waals surface area contributed by atoms with Crippen molar-refractivity contribution in [3.63, 3.8) is 0 Å². The molecule has 1 amide bonds. The summed E-state index contributed by atoms with van der Waals surface area (Å²) in [6.45, 7) is 0. The number of nitrogens with zero attached hydrogens (tertiary/aromatic N) is 5. The van der Waals surface area contributed by atoms with Gasteiger partial charge in [-0.2, -0.15) is 0 Å². The first-order valence-electron chi connectivity index (χ1n) is 10.9. The van der Waals surface area contributed by atoms with Crippen molar-refractivity contribution >= 4 is 61.2 Å². The molecule has 0 bridgehead atoms. The molecule has 3 aromatic heterocycles. The molecule has 0 aliphatic heterocycles. The van der Waals surface area contributed by atoms with Gasteiger partial charge in [-0.3, -0.25) is 14.8 Å². The van der Waals surface area contributed by atoms with Crippen LogP contribution in [0, 0.1) is 0 Å². The molecule has 7 nitrogen and oxygen atoms in total. The molecule has 164 valence electrons. The fraction of sp³-hybridized carbons (Fsp3) is 0.0741. The number of amides is 1. The van der Waals surface area contributed by atoms with Crippen molar-refractivity contribution in [2.45, 2.75) is 0 Å². The summed E-state index contributed by atoms with van der Waals surface area (Å²) >= 11 is 0. The van der Waals surface area contributed by atoms with E-state index in [0.29, 0.717) is 27.6 Å². The van der Waals surface area contributed by atoms with Crippen molar-refractivity contribution in [3.05, 3.63) is 84.7 Å². The van der Waals surface area contributed by atoms with Crippen LogP contribution in [0.25, 0.3) is 43.9 Å². The molecule has 6 aromatic rings. The molecule has 0 aliphatic carbocycles. The Morgan fingerprint density at radius 1 is 0.735 bits per heavy atom. The molecule has 0 fully saturated rings. The van der Waals surface area contributed by atoms with Crippen molar-refractivity contribution in [2.24, 2.45) is 0 Å². The van der Waals surface area contributed by atoms with Crippen LogP contribution in [-0.4, -0.2) is 39.9 Å². The summed E-state index contributed by atoms with van der Waals surface area (Å²) in [5.74, 6) is -0.204. The minimum absolute atomic E-state index is 0.204. The molecule has 1 N–H and O–H groups in total. The average molecular weight is 444 g/mol. The first-order chi connectivity index (χ1) is 16.6. The Morgan fingerprint density at radius 3 is 1.97 bits per heavy atom. The number of fused-ring (bicyclic) bond motifs is 7. The number of carbonyl (C=O) groups excluding carboxylic acids is 1. The van der Waals surface area contributed by atoms with E-state index in [9.17, 15) is 4.79 Å². The highest BCUT2D eigenvalue weighted by Gasteiger charge is 2.15. The van der Waals surface area contributed by atoms with Crippen LogP contribution in [0.1, 0.15) is 10.4 Å². The Bertz CT molecular complexity index is 1730. The highest BCUT2D eigenvalue weighted by atomic mass is 16.1. The van der Waals surface area contributed by atoms with Gasteiger partial charge in [0.1, 0.15) is 11.0 Å². The van der Waals surface area contributed by atoms with Gasteiger partial charge in [0.15, 0.2) is 0 Å². The maximum atomic E-state index is 12.9. The number of rotatable bonds is 3. The van der Waals surface area contributed by atoms with E-state index in [2.05, 4.69) is 15.3 Å². The summed E-state index contributed by atoms with van der Waals surface area (Å²) in [5, 5.41) is 4.91. The Morgan fingerprint density at radius 2 is 1.35 bits per heavy atom. The predicted octanol–water partition coefficient (Wildman–Crippen LogP) is 5.20. The van der Waals surface area contributed by atoms with Crippen molar-refractivity contribution in [1.29, 1.82) is 0 Å². The summed E-state index contributed by atoms with van der Waals surface area (Å²) in [6.07, 6.45) is 3.51. The molecule has 7 heteroatoms. The minimum Gasteiger partial charge on any atom is -0.378 e. The standard InChI is InChI=1S/C27H20N6O/c1-33(2)18-10-8-17(9-11-18)30-27(34)16-7-12-21-22(15-16)32-26-24-20(6-4-14-29-24)19-5-3-13-28-23(19)25(26)31-21/h3-15H,1-2H3,(H,30,34). The maximum absolute atomic E-state index is 12.9. The summed E-state index contributed by atoms with van der Waals surface area (Å²) < 4.78 is 0. The molecule has 0 saturated carbocycles. The molecule has 6 rings (SSSR count). The molecule has 3 aromatic carbocycles. The van der Waals surface area contributed by atoms with Crippen LogP contribution >= 0.6 is 0 Å². The molecule has 0 radical (unpaired) electrons. The lowest BCUT2D eigenvalue weighted by Gasteiger charge is -2.13. The molecule has 0 aliphatic rings. The highest BCUT2D eigenvalue weighted by Crippen LogP contribution is 2.31. The van der Waals surface area contributed by atoms with Gasteiger partial charge < -0.3 is 10.2 Å². The SMILES string of the molecule is CN(C)c1ccc(NC(=O)c2ccc3nc4c5ncccc5c5cccnc5c4nc3c2)cc1. The van der Waals surface area contributed by atoms with Crippen molar-refractivity contribution in [2.75, 3.05) is 24.3 Å². The van der Waals surface area contributed by atoms with Crippen LogP contribution in [0.4, 0.5) is 11.4 Å². The monoisotopic (exact) mass is 444 g/mol. The summed E-state index contributed by atoms with van der Waals surface area (Å²) in [4.78, 5) is 33.9. The third kappa shape index (κ3) is 3.26. The number of benzene rings is 3. The molecule has 0 atom stereocenters. The Hall–Kier alpha value is -4.65. The number of hydrogen-bond acceptors (Lipinski definition) is 6. The van der Waals surface area contributed by atoms with Gasteiger partial charge >= 0.3 is 0 Å². The van der Waals surface area contributed by atoms with Gasteiger partial charge in [0, 0.05) is 54.2 Å². The van der Waals surface area contributed by atoms with Gasteiger partial charge in [0.2, 0.25) is 0 Å². The van der Waals surface area contributed by atoms with E-state index in [1.54, 1.807) is 24.5 Å². The first-order valence-corrected chi connectivity index (χ1v) is 10.9. The van der Waals surface area contributed by atoms with Gasteiger partial charge in [-0.25, -0.2) is 9.97 Å². The molecule has 34 heavy (non-hydrogen) atoms. The zero-order valence-electron chi connectivity index (χ0n) is 18.6. The van der Waals surface area contributed by atoms with Crippen LogP contribution < -0.4 is 10.2 Å². The normalized spacial score (nSPS) is 11.4. The fourth-order valence-electron chi connectivity index (χ4n) is 4.19. The second kappa shape index (κ2) is 7.74. The smallest absolute Gasteiger partial charge is 0.255 e. The Kier molecular flexibility index (Phi) is 4.55. The molecular formula is C27H20N6O. The second-order valence-corrected chi connectivity index (χ2v) is 8.32. The van der Waals surface area contributed by atoms with E-state index in [0.717, 1.165) is 33.2 Å². The average Bonchev–Trinajstić information content (AvgIpc) is 2.88. The lowest BCUT2D eigenvalue weighted by molar-refractivity contribution is 0.102. The van der Waals surface area contributed by atoms with Crippen LogP contribution in [0.15, 0.2) is 79.1 Å². The Balaban J connectivity index is 1.46. The number of carbonyl (C=O) groups is 1. The number of nitrogens with one attached hydrogen (secondary N) is 1. The highest BCUT2D eigenvalue weighted by molar-refractivity contribution is 6.21. The second-order valence-electron chi connectivity index (χ2n) is 8.32. The van der Waals surface area contributed by atoms with Crippen molar-refractivity contribution in [3.8, 4) is 0 Å². The molecule has 0 saturated heterocycles. The number of aromatic nitrogens is 4. The fourth-order valence-corrected chi connectivity index (χ4v) is 4.19. The van der Waals surface area contributed by atoms with Crippen molar-refractivity contribution in [1.82, 2.24) is 19.9 Å². The van der Waals surface area contributed by atoms with Crippen molar-refractivity contribution < 1.29 is 4.79 Å². The predicted molar refractivity (Wildman–Crippen MR) is 136 cm³/mol. The third-order valence-electron chi connectivity index (χ3n) is 5.92. The van der Waals surface area contributed by atoms with E-state index in [1.165, 1.54) is 0 Å². The van der Waals surface area contributed by atoms with Gasteiger partial charge in [0.05, 0.1) is 22.1 Å². The van der Waals surface area contributed by atoms with Crippen LogP contribution in [-0.2, 0) is 0 Å². The van der Waals surface area contributed by atoms with Gasteiger partial charge in [0.25, 0.3) is 5.91 Å². The maximum Gasteiger partial charge on any atom is 0.255 e. The van der Waals surface area contributed by atoms with E-state index >= 15 is 0 Å². The minimum atomic E-state index is -0.204. The summed E-state index contributed by atoms with van der Waals surface area (Å²) in [6, 6.07) is 20.9. The van der Waals surface area contributed by atoms with E-state index in [-0.39, 0.29) is 5.91 Å². The molecule has 3 heterocycles. The first kappa shape index (κ1) is 20.0. The number of pyridine rings is 2. The largest absolute Gasteiger partial charge is 0.378 e. The topological polar surface area (TPSA) is 83.9 Å². The molecular weight excluding hydrogens is 424 g/mol. The van der Waals surface area contributed by atoms with E-state index in [4.69, 9.17) is 9.97 Å². The molecule has 0 unspecified atom stereocenters. The zero-order valence-corrected chi connectivity index (χ0v) is 18.6. The van der Waals surface area contributed by atoms with Crippen LogP contribution in [0.2, 0.25) is 0 Å². The molecule has 0 spiro atoms.